The molecule has 1 aromatic carbocycles. The Kier molecular flexibility index (Phi) is 4.68. The van der Waals surface area contributed by atoms with Crippen LogP contribution in [0.5, 0.6) is 0 Å². The van der Waals surface area contributed by atoms with E-state index in [0.717, 1.165) is 15.3 Å². The van der Waals surface area contributed by atoms with Gasteiger partial charge in [0.15, 0.2) is 5.78 Å². The lowest BCUT2D eigenvalue weighted by molar-refractivity contribution is 0.0996. The second kappa shape index (κ2) is 6.88. The number of hydrogen-bond donors (Lipinski definition) is 0. The summed E-state index contributed by atoms with van der Waals surface area (Å²) >= 11 is 1.56. The van der Waals surface area contributed by atoms with Crippen molar-refractivity contribution in [3.63, 3.8) is 0 Å². The van der Waals surface area contributed by atoms with E-state index in [9.17, 15) is 4.79 Å². The number of hydrogen-bond acceptors (Lipinski definition) is 3. The lowest BCUT2D eigenvalue weighted by Gasteiger charge is -2.05. The molecular weight excluding hydrogens is 302 g/mol. The highest BCUT2D eigenvalue weighted by atomic mass is 32.1. The van der Waals surface area contributed by atoms with Gasteiger partial charge in [0, 0.05) is 23.7 Å². The molecule has 2 nitrogen and oxygen atoms in total. The first-order chi connectivity index (χ1) is 11.1. The Labute approximate surface area is 140 Å². The molecule has 3 heteroatoms. The van der Waals surface area contributed by atoms with Crippen molar-refractivity contribution in [2.75, 3.05) is 0 Å². The predicted molar refractivity (Wildman–Crippen MR) is 96.1 cm³/mol. The molecule has 3 aromatic rings. The van der Waals surface area contributed by atoms with Crippen LogP contribution in [-0.4, -0.2) is 10.8 Å². The molecule has 0 amide bonds. The number of aromatic nitrogens is 1. The van der Waals surface area contributed by atoms with Gasteiger partial charge in [-0.3, -0.25) is 9.78 Å². The van der Waals surface area contributed by atoms with Gasteiger partial charge in [0.1, 0.15) is 0 Å². The van der Waals surface area contributed by atoms with Crippen LogP contribution in [0.4, 0.5) is 0 Å². The third-order valence-electron chi connectivity index (χ3n) is 3.83. The topological polar surface area (TPSA) is 30.0 Å². The number of carbonyl (C=O) groups is 1. The number of nitrogens with zero attached hydrogens (tertiary/aromatic N) is 1. The molecule has 0 atom stereocenters. The maximum atomic E-state index is 12.4. The quantitative estimate of drug-likeness (QED) is 0.592. The van der Waals surface area contributed by atoms with Gasteiger partial charge in [-0.1, -0.05) is 44.2 Å². The molecule has 0 unspecified atom stereocenters. The van der Waals surface area contributed by atoms with Gasteiger partial charge in [0.2, 0.25) is 0 Å². The molecule has 0 N–H and O–H groups in total. The molecule has 23 heavy (non-hydrogen) atoms. The highest BCUT2D eigenvalue weighted by Gasteiger charge is 2.11. The number of carbonyl (C=O) groups excluding carboxylic acids is 1. The number of benzene rings is 1. The van der Waals surface area contributed by atoms with Crippen LogP contribution in [-0.2, 0) is 6.42 Å². The Morgan fingerprint density at radius 3 is 2.52 bits per heavy atom. The van der Waals surface area contributed by atoms with Crippen molar-refractivity contribution < 1.29 is 4.79 Å². The number of Topliss-reactive ketones (excluding diaryl/α,β-unsaturated/α-hetero) is 1. The van der Waals surface area contributed by atoms with Crippen molar-refractivity contribution in [3.8, 4) is 10.4 Å². The number of thiophene rings is 1. The van der Waals surface area contributed by atoms with Gasteiger partial charge in [0.05, 0.1) is 4.88 Å². The normalized spacial score (nSPS) is 10.9. The highest BCUT2D eigenvalue weighted by molar-refractivity contribution is 7.17. The fourth-order valence-electron chi connectivity index (χ4n) is 2.45. The molecule has 116 valence electrons. The monoisotopic (exact) mass is 321 g/mol. The molecule has 2 heterocycles. The van der Waals surface area contributed by atoms with E-state index in [4.69, 9.17) is 0 Å². The summed E-state index contributed by atoms with van der Waals surface area (Å²) in [5.41, 5.74) is 3.45. The zero-order valence-electron chi connectivity index (χ0n) is 13.3. The van der Waals surface area contributed by atoms with Gasteiger partial charge < -0.3 is 0 Å². The van der Waals surface area contributed by atoms with Crippen LogP contribution in [0.2, 0.25) is 0 Å². The number of pyridine rings is 1. The summed E-state index contributed by atoms with van der Waals surface area (Å²) in [6.07, 6.45) is 3.87. The molecule has 0 fully saturated rings. The van der Waals surface area contributed by atoms with Crippen LogP contribution in [0.25, 0.3) is 10.4 Å². The van der Waals surface area contributed by atoms with Crippen molar-refractivity contribution >= 4 is 17.1 Å². The molecule has 0 aliphatic carbocycles. The molecule has 0 saturated heterocycles. The smallest absolute Gasteiger partial charge is 0.177 e. The van der Waals surface area contributed by atoms with E-state index in [0.29, 0.717) is 12.3 Å². The average Bonchev–Trinajstić information content (AvgIpc) is 3.06. The van der Waals surface area contributed by atoms with Crippen LogP contribution in [0.3, 0.4) is 0 Å². The summed E-state index contributed by atoms with van der Waals surface area (Å²) in [4.78, 5) is 18.4. The number of ketones is 1. The average molecular weight is 321 g/mol. The first-order valence-electron chi connectivity index (χ1n) is 7.76. The second-order valence-corrected chi connectivity index (χ2v) is 6.99. The Morgan fingerprint density at radius 1 is 1.09 bits per heavy atom. The second-order valence-electron chi connectivity index (χ2n) is 5.90. The summed E-state index contributed by atoms with van der Waals surface area (Å²) in [6.45, 7) is 4.38. The Hall–Kier alpha value is -2.26. The SMILES string of the molecule is CC(C)c1ccc(-c2ccc(C(=O)Cc3cccnc3)s2)cc1. The minimum Gasteiger partial charge on any atom is -0.293 e. The highest BCUT2D eigenvalue weighted by Crippen LogP contribution is 2.30. The Bertz CT molecular complexity index is 788. The first kappa shape index (κ1) is 15.6. The maximum absolute atomic E-state index is 12.4. The van der Waals surface area contributed by atoms with E-state index in [1.165, 1.54) is 11.1 Å². The molecule has 0 saturated carbocycles. The predicted octanol–water partition coefficient (Wildman–Crippen LogP) is 5.36. The van der Waals surface area contributed by atoms with Crippen LogP contribution in [0.15, 0.2) is 60.9 Å². The standard InChI is InChI=1S/C20H19NOS/c1-14(2)16-5-7-17(8-6-16)19-9-10-20(23-19)18(22)12-15-4-3-11-21-13-15/h3-11,13-14H,12H2,1-2H3. The fourth-order valence-corrected chi connectivity index (χ4v) is 3.40. The minimum atomic E-state index is 0.146. The summed E-state index contributed by atoms with van der Waals surface area (Å²) in [5.74, 6) is 0.678. The van der Waals surface area contributed by atoms with Gasteiger partial charge >= 0.3 is 0 Å². The van der Waals surface area contributed by atoms with Gasteiger partial charge in [-0.05, 0) is 40.8 Å². The first-order valence-corrected chi connectivity index (χ1v) is 8.57. The molecule has 0 bridgehead atoms. The van der Waals surface area contributed by atoms with Crippen molar-refractivity contribution in [3.05, 3.63) is 76.9 Å². The van der Waals surface area contributed by atoms with E-state index < -0.39 is 0 Å². The van der Waals surface area contributed by atoms with Crippen LogP contribution >= 0.6 is 11.3 Å². The van der Waals surface area contributed by atoms with Crippen molar-refractivity contribution in [1.29, 1.82) is 0 Å². The molecular formula is C20H19NOS. The van der Waals surface area contributed by atoms with Crippen LogP contribution in [0, 0.1) is 0 Å². The molecule has 0 spiro atoms. The molecule has 0 aliphatic heterocycles. The van der Waals surface area contributed by atoms with Gasteiger partial charge in [0.25, 0.3) is 0 Å². The van der Waals surface area contributed by atoms with Crippen LogP contribution < -0.4 is 0 Å². The summed E-state index contributed by atoms with van der Waals surface area (Å²) in [6, 6.07) is 16.4. The molecule has 3 rings (SSSR count). The lowest BCUT2D eigenvalue weighted by Crippen LogP contribution is -2.00. The maximum Gasteiger partial charge on any atom is 0.177 e. The zero-order chi connectivity index (χ0) is 16.2. The van der Waals surface area contributed by atoms with Gasteiger partial charge in [-0.25, -0.2) is 0 Å². The summed E-state index contributed by atoms with van der Waals surface area (Å²) in [7, 11) is 0. The van der Waals surface area contributed by atoms with E-state index in [1.54, 1.807) is 23.7 Å². The summed E-state index contributed by atoms with van der Waals surface area (Å²) < 4.78 is 0. The molecule has 2 aromatic heterocycles. The Balaban J connectivity index is 1.76. The largest absolute Gasteiger partial charge is 0.293 e. The lowest BCUT2D eigenvalue weighted by atomic mass is 10.0. The van der Waals surface area contributed by atoms with Gasteiger partial charge in [-0.15, -0.1) is 11.3 Å². The molecule has 0 radical (unpaired) electrons. The molecule has 0 aliphatic rings. The van der Waals surface area contributed by atoms with Gasteiger partial charge in [-0.2, -0.15) is 0 Å². The minimum absolute atomic E-state index is 0.146. The van der Waals surface area contributed by atoms with E-state index in [1.807, 2.05) is 24.3 Å². The van der Waals surface area contributed by atoms with Crippen molar-refractivity contribution in [2.45, 2.75) is 26.2 Å². The van der Waals surface area contributed by atoms with Crippen molar-refractivity contribution in [2.24, 2.45) is 0 Å². The summed E-state index contributed by atoms with van der Waals surface area (Å²) in [5, 5.41) is 0. The fraction of sp³-hybridized carbons (Fsp3) is 0.200. The number of rotatable bonds is 5. The zero-order valence-corrected chi connectivity index (χ0v) is 14.1. The Morgan fingerprint density at radius 2 is 1.87 bits per heavy atom. The van der Waals surface area contributed by atoms with Crippen molar-refractivity contribution in [1.82, 2.24) is 4.98 Å². The van der Waals surface area contributed by atoms with E-state index in [2.05, 4.69) is 43.1 Å². The van der Waals surface area contributed by atoms with E-state index >= 15 is 0 Å². The third kappa shape index (κ3) is 3.74. The van der Waals surface area contributed by atoms with Crippen LogP contribution in [0.1, 0.15) is 40.6 Å². The van der Waals surface area contributed by atoms with E-state index in [-0.39, 0.29) is 5.78 Å². The third-order valence-corrected chi connectivity index (χ3v) is 5.01.